The van der Waals surface area contributed by atoms with Crippen LogP contribution in [0.3, 0.4) is 0 Å². The molecule has 0 saturated carbocycles. The number of carbonyl (C=O) groups excluding carboxylic acids is 3. The molecule has 0 spiro atoms. The zero-order chi connectivity index (χ0) is 23.2. The molecule has 0 fully saturated rings. The minimum Gasteiger partial charge on any atom is -0.454 e. The van der Waals surface area contributed by atoms with E-state index in [9.17, 15) is 14.4 Å². The molecule has 1 heterocycles. The Labute approximate surface area is 190 Å². The van der Waals surface area contributed by atoms with Gasteiger partial charge in [0.05, 0.1) is 11.3 Å². The Kier molecular flexibility index (Phi) is 6.54. The summed E-state index contributed by atoms with van der Waals surface area (Å²) >= 11 is 0. The maximum atomic E-state index is 12.8. The molecule has 4 rings (SSSR count). The number of fused-ring (bicyclic) bond motifs is 1. The number of hydrogen-bond donors (Lipinski definition) is 3. The highest BCUT2D eigenvalue weighted by Crippen LogP contribution is 2.32. The Morgan fingerprint density at radius 3 is 2.42 bits per heavy atom. The number of nitrogens with one attached hydrogen (secondary N) is 3. The molecular formula is C25H23N3O5. The minimum absolute atomic E-state index is 0.177. The van der Waals surface area contributed by atoms with Crippen LogP contribution in [0, 0.1) is 6.92 Å². The average molecular weight is 445 g/mol. The van der Waals surface area contributed by atoms with E-state index in [1.165, 1.54) is 0 Å². The van der Waals surface area contributed by atoms with Gasteiger partial charge in [-0.1, -0.05) is 42.5 Å². The second-order valence-electron chi connectivity index (χ2n) is 7.48. The number of anilines is 1. The lowest BCUT2D eigenvalue weighted by Gasteiger charge is -2.12. The van der Waals surface area contributed by atoms with Crippen LogP contribution in [0.15, 0.2) is 66.7 Å². The van der Waals surface area contributed by atoms with Gasteiger partial charge in [0, 0.05) is 13.1 Å². The number of amides is 3. The smallest absolute Gasteiger partial charge is 0.313 e. The fourth-order valence-electron chi connectivity index (χ4n) is 3.36. The predicted octanol–water partition coefficient (Wildman–Crippen LogP) is 2.91. The normalized spacial score (nSPS) is 11.5. The zero-order valence-electron chi connectivity index (χ0n) is 18.0. The van der Waals surface area contributed by atoms with Crippen molar-refractivity contribution < 1.29 is 23.9 Å². The van der Waals surface area contributed by atoms with Crippen molar-refractivity contribution in [1.29, 1.82) is 0 Å². The van der Waals surface area contributed by atoms with Crippen molar-refractivity contribution in [2.75, 3.05) is 12.1 Å². The van der Waals surface area contributed by atoms with Crippen molar-refractivity contribution in [3.63, 3.8) is 0 Å². The van der Waals surface area contributed by atoms with E-state index in [1.807, 2.05) is 37.3 Å². The molecule has 33 heavy (non-hydrogen) atoms. The van der Waals surface area contributed by atoms with Crippen LogP contribution in [0.2, 0.25) is 0 Å². The number of ether oxygens (including phenoxy) is 2. The third-order valence-electron chi connectivity index (χ3n) is 5.22. The molecule has 3 amide bonds. The van der Waals surface area contributed by atoms with Gasteiger partial charge in [-0.3, -0.25) is 14.4 Å². The van der Waals surface area contributed by atoms with Crippen molar-refractivity contribution in [2.24, 2.45) is 0 Å². The van der Waals surface area contributed by atoms with Gasteiger partial charge in [0.2, 0.25) is 6.79 Å². The van der Waals surface area contributed by atoms with E-state index in [1.54, 1.807) is 36.4 Å². The number of benzene rings is 3. The summed E-state index contributed by atoms with van der Waals surface area (Å²) in [5, 5.41) is 7.94. The average Bonchev–Trinajstić information content (AvgIpc) is 3.30. The van der Waals surface area contributed by atoms with Gasteiger partial charge < -0.3 is 25.4 Å². The highest BCUT2D eigenvalue weighted by atomic mass is 16.7. The lowest BCUT2D eigenvalue weighted by molar-refractivity contribution is -0.136. The number of rotatable bonds is 6. The molecule has 1 aliphatic heterocycles. The molecule has 0 bridgehead atoms. The first kappa shape index (κ1) is 21.9. The summed E-state index contributed by atoms with van der Waals surface area (Å²) in [5.74, 6) is -0.720. The fraction of sp³-hybridized carbons (Fsp3) is 0.160. The topological polar surface area (TPSA) is 106 Å². The van der Waals surface area contributed by atoms with Gasteiger partial charge in [-0.25, -0.2) is 0 Å². The third-order valence-corrected chi connectivity index (χ3v) is 5.22. The van der Waals surface area contributed by atoms with Gasteiger partial charge >= 0.3 is 11.8 Å². The Morgan fingerprint density at radius 2 is 1.58 bits per heavy atom. The first-order valence-corrected chi connectivity index (χ1v) is 10.4. The molecule has 0 atom stereocenters. The van der Waals surface area contributed by atoms with Gasteiger partial charge in [0.25, 0.3) is 5.91 Å². The van der Waals surface area contributed by atoms with E-state index in [-0.39, 0.29) is 37.0 Å². The summed E-state index contributed by atoms with van der Waals surface area (Å²) in [4.78, 5) is 37.4. The SMILES string of the molecule is Cc1ccccc1CNC(=O)C(=O)Nc1ccccc1C(=O)NCc1ccc2c(c1)OCO2. The molecule has 0 aliphatic carbocycles. The van der Waals surface area contributed by atoms with Crippen LogP contribution >= 0.6 is 0 Å². The summed E-state index contributed by atoms with van der Waals surface area (Å²) in [6.45, 7) is 2.60. The quantitative estimate of drug-likeness (QED) is 0.506. The molecule has 3 aromatic carbocycles. The second-order valence-corrected chi connectivity index (χ2v) is 7.48. The molecule has 1 aliphatic rings. The lowest BCUT2D eigenvalue weighted by Crippen LogP contribution is -2.35. The third kappa shape index (κ3) is 5.30. The Balaban J connectivity index is 1.36. The van der Waals surface area contributed by atoms with Crippen LogP contribution in [0.4, 0.5) is 5.69 Å². The van der Waals surface area contributed by atoms with Crippen molar-refractivity contribution in [3.05, 3.63) is 89.0 Å². The standard InChI is InChI=1S/C25H23N3O5/c1-16-6-2-3-7-18(16)14-27-24(30)25(31)28-20-9-5-4-8-19(20)23(29)26-13-17-10-11-21-22(12-17)33-15-32-21/h2-12H,13-15H2,1H3,(H,26,29)(H,27,30)(H,28,31). The summed E-state index contributed by atoms with van der Waals surface area (Å²) in [6.07, 6.45) is 0. The van der Waals surface area contributed by atoms with E-state index in [4.69, 9.17) is 9.47 Å². The van der Waals surface area contributed by atoms with Crippen LogP contribution in [-0.2, 0) is 22.7 Å². The highest BCUT2D eigenvalue weighted by Gasteiger charge is 2.18. The Morgan fingerprint density at radius 1 is 0.818 bits per heavy atom. The van der Waals surface area contributed by atoms with Crippen LogP contribution in [-0.4, -0.2) is 24.5 Å². The summed E-state index contributed by atoms with van der Waals surface area (Å²) in [6, 6.07) is 19.5. The van der Waals surface area contributed by atoms with Crippen molar-refractivity contribution >= 4 is 23.4 Å². The molecule has 0 aromatic heterocycles. The van der Waals surface area contributed by atoms with Gasteiger partial charge in [-0.05, 0) is 47.9 Å². The zero-order valence-corrected chi connectivity index (χ0v) is 18.0. The van der Waals surface area contributed by atoms with E-state index in [0.29, 0.717) is 11.5 Å². The number of hydrogen-bond acceptors (Lipinski definition) is 5. The van der Waals surface area contributed by atoms with E-state index >= 15 is 0 Å². The fourth-order valence-corrected chi connectivity index (χ4v) is 3.36. The maximum Gasteiger partial charge on any atom is 0.313 e. The monoisotopic (exact) mass is 445 g/mol. The van der Waals surface area contributed by atoms with Gasteiger partial charge in [-0.2, -0.15) is 0 Å². The Bertz CT molecular complexity index is 1210. The molecule has 3 aromatic rings. The van der Waals surface area contributed by atoms with Crippen molar-refractivity contribution in [1.82, 2.24) is 10.6 Å². The number of aryl methyl sites for hydroxylation is 1. The molecule has 168 valence electrons. The molecular weight excluding hydrogens is 422 g/mol. The van der Waals surface area contributed by atoms with Crippen LogP contribution < -0.4 is 25.4 Å². The first-order chi connectivity index (χ1) is 16.0. The van der Waals surface area contributed by atoms with E-state index < -0.39 is 11.8 Å². The molecule has 8 nitrogen and oxygen atoms in total. The van der Waals surface area contributed by atoms with Crippen molar-refractivity contribution in [2.45, 2.75) is 20.0 Å². The maximum absolute atomic E-state index is 12.8. The number of carbonyl (C=O) groups is 3. The molecule has 3 N–H and O–H groups in total. The van der Waals surface area contributed by atoms with E-state index in [0.717, 1.165) is 16.7 Å². The van der Waals surface area contributed by atoms with Gasteiger partial charge in [0.15, 0.2) is 11.5 Å². The molecule has 0 saturated heterocycles. The molecule has 8 heteroatoms. The van der Waals surface area contributed by atoms with Gasteiger partial charge in [-0.15, -0.1) is 0 Å². The van der Waals surface area contributed by atoms with Crippen molar-refractivity contribution in [3.8, 4) is 11.5 Å². The van der Waals surface area contributed by atoms with Gasteiger partial charge in [0.1, 0.15) is 0 Å². The minimum atomic E-state index is -0.848. The van der Waals surface area contributed by atoms with Crippen LogP contribution in [0.1, 0.15) is 27.0 Å². The van der Waals surface area contributed by atoms with Crippen LogP contribution in [0.5, 0.6) is 11.5 Å². The molecule has 0 radical (unpaired) electrons. The Hall–Kier alpha value is -4.33. The largest absolute Gasteiger partial charge is 0.454 e. The summed E-state index contributed by atoms with van der Waals surface area (Å²) < 4.78 is 10.6. The highest BCUT2D eigenvalue weighted by molar-refractivity contribution is 6.40. The predicted molar refractivity (Wildman–Crippen MR) is 122 cm³/mol. The number of para-hydroxylation sites is 1. The lowest BCUT2D eigenvalue weighted by atomic mass is 10.1. The van der Waals surface area contributed by atoms with Crippen LogP contribution in [0.25, 0.3) is 0 Å². The first-order valence-electron chi connectivity index (χ1n) is 10.4. The second kappa shape index (κ2) is 9.86. The summed E-state index contributed by atoms with van der Waals surface area (Å²) in [5.41, 5.74) is 3.27. The molecule has 0 unspecified atom stereocenters. The summed E-state index contributed by atoms with van der Waals surface area (Å²) in [7, 11) is 0. The van der Waals surface area contributed by atoms with E-state index in [2.05, 4.69) is 16.0 Å².